The number of amides is 2. The molecular weight excluding hydrogens is 384 g/mol. The van der Waals surface area contributed by atoms with Crippen molar-refractivity contribution in [2.45, 2.75) is 10.9 Å². The van der Waals surface area contributed by atoms with Gasteiger partial charge < -0.3 is 5.32 Å². The molecule has 3 rings (SSSR count). The van der Waals surface area contributed by atoms with Crippen molar-refractivity contribution in [1.29, 1.82) is 0 Å². The molecule has 0 fully saturated rings. The fraction of sp³-hybridized carbons (Fsp3) is 0.0500. The minimum atomic E-state index is -4.01. The molecule has 0 spiro atoms. The van der Waals surface area contributed by atoms with Gasteiger partial charge in [0.1, 0.15) is 0 Å². The largest absolute Gasteiger partial charge is 0.329 e. The molecule has 7 heteroatoms. The standard InChI is InChI=1S/C20H17ClN2O3S/c21-17-11-13-18(14-12-17)27(25,26)23-20(24)22-19(15-7-3-1-4-8-15)16-9-5-2-6-10-16/h1-14,19H,(H2,22,23,24). The molecule has 0 bridgehead atoms. The monoisotopic (exact) mass is 400 g/mol. The first-order valence-corrected chi connectivity index (χ1v) is 10.0. The molecule has 0 radical (unpaired) electrons. The number of nitrogens with one attached hydrogen (secondary N) is 2. The van der Waals surface area contributed by atoms with Crippen LogP contribution in [0.25, 0.3) is 0 Å². The Balaban J connectivity index is 1.82. The number of hydrogen-bond donors (Lipinski definition) is 2. The predicted octanol–water partition coefficient (Wildman–Crippen LogP) is 4.12. The number of urea groups is 1. The van der Waals surface area contributed by atoms with Gasteiger partial charge in [-0.2, -0.15) is 0 Å². The van der Waals surface area contributed by atoms with E-state index in [1.807, 2.05) is 65.4 Å². The predicted molar refractivity (Wildman–Crippen MR) is 105 cm³/mol. The zero-order valence-electron chi connectivity index (χ0n) is 14.2. The summed E-state index contributed by atoms with van der Waals surface area (Å²) in [6, 6.07) is 22.9. The molecule has 0 aliphatic rings. The Morgan fingerprint density at radius 2 is 1.26 bits per heavy atom. The van der Waals surface area contributed by atoms with E-state index in [1.54, 1.807) is 0 Å². The lowest BCUT2D eigenvalue weighted by Crippen LogP contribution is -2.41. The van der Waals surface area contributed by atoms with Crippen molar-refractivity contribution >= 4 is 27.7 Å². The van der Waals surface area contributed by atoms with Crippen LogP contribution in [0.4, 0.5) is 4.79 Å². The van der Waals surface area contributed by atoms with Crippen molar-refractivity contribution in [2.24, 2.45) is 0 Å². The van der Waals surface area contributed by atoms with Gasteiger partial charge in [-0.1, -0.05) is 72.3 Å². The second-order valence-electron chi connectivity index (χ2n) is 5.79. The fourth-order valence-electron chi connectivity index (χ4n) is 2.61. The van der Waals surface area contributed by atoms with Gasteiger partial charge in [-0.15, -0.1) is 0 Å². The highest BCUT2D eigenvalue weighted by molar-refractivity contribution is 7.90. The highest BCUT2D eigenvalue weighted by atomic mass is 35.5. The first-order chi connectivity index (χ1) is 13.0. The lowest BCUT2D eigenvalue weighted by molar-refractivity contribution is 0.243. The van der Waals surface area contributed by atoms with Crippen LogP contribution < -0.4 is 10.0 Å². The Labute approximate surface area is 163 Å². The molecule has 0 aliphatic heterocycles. The van der Waals surface area contributed by atoms with Gasteiger partial charge in [0.2, 0.25) is 0 Å². The maximum absolute atomic E-state index is 12.4. The van der Waals surface area contributed by atoms with Crippen LogP contribution in [0.2, 0.25) is 5.02 Å². The molecule has 0 atom stereocenters. The number of benzene rings is 3. The van der Waals surface area contributed by atoms with Crippen molar-refractivity contribution < 1.29 is 13.2 Å². The Kier molecular flexibility index (Phi) is 5.78. The van der Waals surface area contributed by atoms with Gasteiger partial charge in [0.05, 0.1) is 10.9 Å². The lowest BCUT2D eigenvalue weighted by Gasteiger charge is -2.20. The Morgan fingerprint density at radius 3 is 1.74 bits per heavy atom. The van der Waals surface area contributed by atoms with Gasteiger partial charge in [-0.3, -0.25) is 0 Å². The number of hydrogen-bond acceptors (Lipinski definition) is 3. The summed E-state index contributed by atoms with van der Waals surface area (Å²) in [7, 11) is -4.01. The molecule has 0 heterocycles. The molecule has 3 aromatic rings. The summed E-state index contributed by atoms with van der Waals surface area (Å²) in [5.74, 6) is 0. The van der Waals surface area contributed by atoms with E-state index < -0.39 is 22.1 Å². The number of rotatable bonds is 5. The van der Waals surface area contributed by atoms with Gasteiger partial charge >= 0.3 is 6.03 Å². The molecule has 0 saturated carbocycles. The van der Waals surface area contributed by atoms with Gasteiger partial charge in [-0.25, -0.2) is 17.9 Å². The summed E-state index contributed by atoms with van der Waals surface area (Å²) in [4.78, 5) is 12.4. The maximum atomic E-state index is 12.4. The van der Waals surface area contributed by atoms with Crippen molar-refractivity contribution in [2.75, 3.05) is 0 Å². The molecule has 0 unspecified atom stereocenters. The first-order valence-electron chi connectivity index (χ1n) is 8.14. The van der Waals surface area contributed by atoms with Crippen molar-refractivity contribution in [1.82, 2.24) is 10.0 Å². The van der Waals surface area contributed by atoms with Crippen LogP contribution in [0.5, 0.6) is 0 Å². The molecule has 0 aromatic heterocycles. The van der Waals surface area contributed by atoms with E-state index >= 15 is 0 Å². The smallest absolute Gasteiger partial charge is 0.326 e. The average Bonchev–Trinajstić information content (AvgIpc) is 2.67. The minimum Gasteiger partial charge on any atom is -0.326 e. The second-order valence-corrected chi connectivity index (χ2v) is 7.91. The highest BCUT2D eigenvalue weighted by Gasteiger charge is 2.21. The third kappa shape index (κ3) is 4.87. The van der Waals surface area contributed by atoms with Crippen molar-refractivity contribution in [3.63, 3.8) is 0 Å². The van der Waals surface area contributed by atoms with Crippen LogP contribution in [0.15, 0.2) is 89.8 Å². The maximum Gasteiger partial charge on any atom is 0.329 e. The molecule has 2 N–H and O–H groups in total. The minimum absolute atomic E-state index is 0.0435. The quantitative estimate of drug-likeness (QED) is 0.676. The zero-order valence-corrected chi connectivity index (χ0v) is 15.7. The third-order valence-electron chi connectivity index (χ3n) is 3.89. The van der Waals surface area contributed by atoms with E-state index in [4.69, 9.17) is 11.6 Å². The average molecular weight is 401 g/mol. The van der Waals surface area contributed by atoms with E-state index in [9.17, 15) is 13.2 Å². The number of sulfonamides is 1. The van der Waals surface area contributed by atoms with Crippen LogP contribution >= 0.6 is 11.6 Å². The molecule has 3 aromatic carbocycles. The summed E-state index contributed by atoms with van der Waals surface area (Å²) in [6.45, 7) is 0. The molecule has 0 saturated heterocycles. The molecule has 27 heavy (non-hydrogen) atoms. The normalized spacial score (nSPS) is 11.2. The topological polar surface area (TPSA) is 75.3 Å². The molecule has 0 aliphatic carbocycles. The molecule has 138 valence electrons. The Morgan fingerprint density at radius 1 is 0.778 bits per heavy atom. The van der Waals surface area contributed by atoms with Crippen LogP contribution in [0.1, 0.15) is 17.2 Å². The van der Waals surface area contributed by atoms with Gasteiger partial charge in [-0.05, 0) is 35.4 Å². The molecule has 5 nitrogen and oxygen atoms in total. The van der Waals surface area contributed by atoms with Crippen molar-refractivity contribution in [3.05, 3.63) is 101 Å². The zero-order chi connectivity index (χ0) is 19.3. The van der Waals surface area contributed by atoms with E-state index in [-0.39, 0.29) is 4.90 Å². The van der Waals surface area contributed by atoms with E-state index in [0.29, 0.717) is 5.02 Å². The molecular formula is C20H17ClN2O3S. The number of halogens is 1. The lowest BCUT2D eigenvalue weighted by atomic mass is 9.99. The summed E-state index contributed by atoms with van der Waals surface area (Å²) >= 11 is 5.78. The number of carbonyl (C=O) groups is 1. The summed E-state index contributed by atoms with van der Waals surface area (Å²) in [6.07, 6.45) is 0. The van der Waals surface area contributed by atoms with Crippen LogP contribution in [0, 0.1) is 0 Å². The number of carbonyl (C=O) groups excluding carboxylic acids is 1. The van der Waals surface area contributed by atoms with Crippen LogP contribution in [0.3, 0.4) is 0 Å². The summed E-state index contributed by atoms with van der Waals surface area (Å²) < 4.78 is 26.8. The molecule has 2 amide bonds. The van der Waals surface area contributed by atoms with Gasteiger partial charge in [0.25, 0.3) is 10.0 Å². The summed E-state index contributed by atoms with van der Waals surface area (Å²) in [5.41, 5.74) is 1.67. The van der Waals surface area contributed by atoms with Crippen molar-refractivity contribution in [3.8, 4) is 0 Å². The Hall–Kier alpha value is -2.83. The van der Waals surface area contributed by atoms with Gasteiger partial charge in [0.15, 0.2) is 0 Å². The van der Waals surface area contributed by atoms with Gasteiger partial charge in [0, 0.05) is 5.02 Å². The fourth-order valence-corrected chi connectivity index (χ4v) is 3.65. The Bertz CT molecular complexity index is 969. The first kappa shape index (κ1) is 18.9. The van der Waals surface area contributed by atoms with Crippen LogP contribution in [-0.2, 0) is 10.0 Å². The third-order valence-corrected chi connectivity index (χ3v) is 5.49. The van der Waals surface area contributed by atoms with E-state index in [0.717, 1.165) is 11.1 Å². The van der Waals surface area contributed by atoms with E-state index in [2.05, 4.69) is 5.32 Å². The highest BCUT2D eigenvalue weighted by Crippen LogP contribution is 2.22. The SMILES string of the molecule is O=C(NC(c1ccccc1)c1ccccc1)NS(=O)(=O)c1ccc(Cl)cc1. The summed E-state index contributed by atoms with van der Waals surface area (Å²) in [5, 5.41) is 3.14. The van der Waals surface area contributed by atoms with E-state index in [1.165, 1.54) is 24.3 Å². The van der Waals surface area contributed by atoms with Crippen LogP contribution in [-0.4, -0.2) is 14.4 Å². The second kappa shape index (κ2) is 8.24.